The zero-order valence-corrected chi connectivity index (χ0v) is 20.3. The van der Waals surface area contributed by atoms with Gasteiger partial charge in [-0.15, -0.1) is 11.8 Å². The van der Waals surface area contributed by atoms with Crippen molar-refractivity contribution in [2.45, 2.75) is 58.4 Å². The van der Waals surface area contributed by atoms with Crippen LogP contribution in [0.1, 0.15) is 49.8 Å². The molecule has 2 rings (SSSR count). The van der Waals surface area contributed by atoms with Gasteiger partial charge in [-0.05, 0) is 43.0 Å². The molecule has 1 atom stereocenters. The van der Waals surface area contributed by atoms with Gasteiger partial charge in [0.05, 0.1) is 5.75 Å². The van der Waals surface area contributed by atoms with E-state index in [0.29, 0.717) is 30.3 Å². The van der Waals surface area contributed by atoms with Gasteiger partial charge in [0.1, 0.15) is 6.04 Å². The van der Waals surface area contributed by atoms with Crippen molar-refractivity contribution in [2.75, 3.05) is 12.3 Å². The van der Waals surface area contributed by atoms with Crippen molar-refractivity contribution in [3.8, 4) is 0 Å². The van der Waals surface area contributed by atoms with Crippen molar-refractivity contribution in [1.82, 2.24) is 10.2 Å². The first-order chi connectivity index (χ1) is 14.9. The fourth-order valence-corrected chi connectivity index (χ4v) is 4.23. The highest BCUT2D eigenvalue weighted by atomic mass is 35.5. The highest BCUT2D eigenvalue weighted by molar-refractivity contribution is 7.99. The number of unbranched alkanes of at least 4 members (excludes halogenated alkanes) is 1. The van der Waals surface area contributed by atoms with Crippen LogP contribution in [0.3, 0.4) is 0 Å². The first kappa shape index (κ1) is 25.3. The lowest BCUT2D eigenvalue weighted by Crippen LogP contribution is -2.49. The SMILES string of the molecule is CCCCNC(=O)[C@H](CC)N(Cc1ccc(C)cc1)C(=O)CSCc1ccc(Cl)cc1. The lowest BCUT2D eigenvalue weighted by atomic mass is 10.1. The third-order valence-corrected chi connectivity index (χ3v) is 6.34. The number of rotatable bonds is 12. The highest BCUT2D eigenvalue weighted by Gasteiger charge is 2.28. The third kappa shape index (κ3) is 8.58. The topological polar surface area (TPSA) is 49.4 Å². The minimum atomic E-state index is -0.471. The van der Waals surface area contributed by atoms with E-state index in [0.717, 1.165) is 29.7 Å². The Morgan fingerprint density at radius 2 is 1.68 bits per heavy atom. The summed E-state index contributed by atoms with van der Waals surface area (Å²) in [6.45, 7) is 7.16. The van der Waals surface area contributed by atoms with Crippen LogP contribution in [0.2, 0.25) is 5.02 Å². The Hall–Kier alpha value is -1.98. The van der Waals surface area contributed by atoms with Gasteiger partial charge in [-0.25, -0.2) is 0 Å². The molecule has 168 valence electrons. The summed E-state index contributed by atoms with van der Waals surface area (Å²) in [4.78, 5) is 27.8. The number of amides is 2. The van der Waals surface area contributed by atoms with Crippen LogP contribution in [0.15, 0.2) is 48.5 Å². The van der Waals surface area contributed by atoms with Crippen LogP contribution in [0.4, 0.5) is 0 Å². The smallest absolute Gasteiger partial charge is 0.242 e. The first-order valence-corrected chi connectivity index (χ1v) is 12.4. The maximum Gasteiger partial charge on any atom is 0.242 e. The van der Waals surface area contributed by atoms with Crippen LogP contribution in [0.25, 0.3) is 0 Å². The minimum absolute atomic E-state index is 0.0166. The quantitative estimate of drug-likeness (QED) is 0.419. The monoisotopic (exact) mass is 460 g/mol. The standard InChI is InChI=1S/C25H33ClN2O2S/c1-4-6-15-27-25(30)23(5-2)28(16-20-9-7-19(3)8-10-20)24(29)18-31-17-21-11-13-22(26)14-12-21/h7-14,23H,4-6,15-18H2,1-3H3,(H,27,30)/t23-/m0/s1. The van der Waals surface area contributed by atoms with E-state index in [2.05, 4.69) is 12.2 Å². The second kappa shape index (κ2) is 13.4. The second-order valence-electron chi connectivity index (χ2n) is 7.70. The largest absolute Gasteiger partial charge is 0.354 e. The summed E-state index contributed by atoms with van der Waals surface area (Å²) >= 11 is 7.50. The van der Waals surface area contributed by atoms with Crippen molar-refractivity contribution in [2.24, 2.45) is 0 Å². The maximum atomic E-state index is 13.2. The summed E-state index contributed by atoms with van der Waals surface area (Å²) in [6.07, 6.45) is 2.53. The van der Waals surface area contributed by atoms with Gasteiger partial charge in [-0.3, -0.25) is 9.59 Å². The fraction of sp³-hybridized carbons (Fsp3) is 0.440. The van der Waals surface area contributed by atoms with E-state index in [-0.39, 0.29) is 11.8 Å². The van der Waals surface area contributed by atoms with Crippen molar-refractivity contribution in [3.05, 3.63) is 70.2 Å². The molecule has 0 saturated heterocycles. The van der Waals surface area contributed by atoms with E-state index in [1.165, 1.54) is 5.56 Å². The molecule has 0 aromatic heterocycles. The number of aryl methyl sites for hydroxylation is 1. The van der Waals surface area contributed by atoms with Crippen LogP contribution in [0.5, 0.6) is 0 Å². The molecule has 0 spiro atoms. The summed E-state index contributed by atoms with van der Waals surface area (Å²) in [7, 11) is 0. The molecule has 2 amide bonds. The molecule has 0 aliphatic rings. The minimum Gasteiger partial charge on any atom is -0.354 e. The molecule has 0 aliphatic carbocycles. The molecule has 0 unspecified atom stereocenters. The highest BCUT2D eigenvalue weighted by Crippen LogP contribution is 2.19. The van der Waals surface area contributed by atoms with Gasteiger partial charge in [-0.1, -0.05) is 73.8 Å². The zero-order chi connectivity index (χ0) is 22.6. The molecule has 1 N–H and O–H groups in total. The number of hydrogen-bond donors (Lipinski definition) is 1. The molecule has 6 heteroatoms. The number of nitrogens with one attached hydrogen (secondary N) is 1. The molecule has 0 heterocycles. The molecular weight excluding hydrogens is 428 g/mol. The molecule has 0 radical (unpaired) electrons. The van der Waals surface area contributed by atoms with Gasteiger partial charge >= 0.3 is 0 Å². The Balaban J connectivity index is 2.08. The molecule has 0 fully saturated rings. The van der Waals surface area contributed by atoms with Crippen LogP contribution >= 0.6 is 23.4 Å². The number of carbonyl (C=O) groups excluding carboxylic acids is 2. The van der Waals surface area contributed by atoms with Gasteiger partial charge < -0.3 is 10.2 Å². The Bertz CT molecular complexity index is 824. The number of halogens is 1. The van der Waals surface area contributed by atoms with Gasteiger partial charge in [-0.2, -0.15) is 0 Å². The fourth-order valence-electron chi connectivity index (χ4n) is 3.24. The third-order valence-electron chi connectivity index (χ3n) is 5.10. The van der Waals surface area contributed by atoms with E-state index in [1.54, 1.807) is 16.7 Å². The molecule has 2 aromatic rings. The van der Waals surface area contributed by atoms with E-state index < -0.39 is 6.04 Å². The van der Waals surface area contributed by atoms with Crippen LogP contribution in [-0.4, -0.2) is 35.1 Å². The van der Waals surface area contributed by atoms with Crippen LogP contribution in [0, 0.1) is 6.92 Å². The molecule has 4 nitrogen and oxygen atoms in total. The van der Waals surface area contributed by atoms with E-state index >= 15 is 0 Å². The van der Waals surface area contributed by atoms with E-state index in [9.17, 15) is 9.59 Å². The molecule has 31 heavy (non-hydrogen) atoms. The summed E-state index contributed by atoms with van der Waals surface area (Å²) in [5.41, 5.74) is 3.32. The lowest BCUT2D eigenvalue weighted by molar-refractivity contribution is -0.139. The van der Waals surface area contributed by atoms with Gasteiger partial charge in [0.2, 0.25) is 11.8 Å². The number of nitrogens with zero attached hydrogens (tertiary/aromatic N) is 1. The molecule has 2 aromatic carbocycles. The number of benzene rings is 2. The first-order valence-electron chi connectivity index (χ1n) is 10.9. The summed E-state index contributed by atoms with van der Waals surface area (Å²) < 4.78 is 0. The van der Waals surface area contributed by atoms with Crippen molar-refractivity contribution >= 4 is 35.2 Å². The van der Waals surface area contributed by atoms with Crippen molar-refractivity contribution in [3.63, 3.8) is 0 Å². The van der Waals surface area contributed by atoms with E-state index in [1.807, 2.05) is 62.4 Å². The predicted molar refractivity (Wildman–Crippen MR) is 131 cm³/mol. The molecule has 0 aliphatic heterocycles. The zero-order valence-electron chi connectivity index (χ0n) is 18.7. The molecular formula is C25H33ClN2O2S. The maximum absolute atomic E-state index is 13.2. The Kier molecular flexibility index (Phi) is 11.0. The Morgan fingerprint density at radius 3 is 2.29 bits per heavy atom. The number of hydrogen-bond acceptors (Lipinski definition) is 3. The number of carbonyl (C=O) groups is 2. The Morgan fingerprint density at radius 1 is 1.03 bits per heavy atom. The summed E-state index contributed by atoms with van der Waals surface area (Å²) in [6, 6.07) is 15.3. The van der Waals surface area contributed by atoms with Crippen LogP contribution in [-0.2, 0) is 21.9 Å². The summed E-state index contributed by atoms with van der Waals surface area (Å²) in [5, 5.41) is 3.70. The van der Waals surface area contributed by atoms with Gasteiger partial charge in [0, 0.05) is 23.9 Å². The molecule has 0 bridgehead atoms. The van der Waals surface area contributed by atoms with Crippen molar-refractivity contribution < 1.29 is 9.59 Å². The predicted octanol–water partition coefficient (Wildman–Crippen LogP) is 5.61. The second-order valence-corrected chi connectivity index (χ2v) is 9.12. The molecule has 0 saturated carbocycles. The Labute approximate surface area is 195 Å². The van der Waals surface area contributed by atoms with Gasteiger partial charge in [0.15, 0.2) is 0 Å². The average molecular weight is 461 g/mol. The van der Waals surface area contributed by atoms with Crippen LogP contribution < -0.4 is 5.32 Å². The lowest BCUT2D eigenvalue weighted by Gasteiger charge is -2.30. The summed E-state index contributed by atoms with van der Waals surface area (Å²) in [5.74, 6) is 0.963. The number of thioether (sulfide) groups is 1. The normalized spacial score (nSPS) is 11.7. The van der Waals surface area contributed by atoms with Gasteiger partial charge in [0.25, 0.3) is 0 Å². The van der Waals surface area contributed by atoms with Crippen molar-refractivity contribution in [1.29, 1.82) is 0 Å². The van der Waals surface area contributed by atoms with E-state index in [4.69, 9.17) is 11.6 Å². The average Bonchev–Trinajstić information content (AvgIpc) is 2.76.